The van der Waals surface area contributed by atoms with Crippen LogP contribution in [0.25, 0.3) is 10.9 Å². The Kier molecular flexibility index (Phi) is 3.37. The Morgan fingerprint density at radius 2 is 2.30 bits per heavy atom. The zero-order valence-electron chi connectivity index (χ0n) is 13.1. The molecule has 0 bridgehead atoms. The normalized spacial score (nSPS) is 17.2. The Morgan fingerprint density at radius 3 is 3.22 bits per heavy atom. The number of carbonyl (C=O) groups excluding carboxylic acids is 1. The number of amides is 1. The lowest BCUT2D eigenvalue weighted by Gasteiger charge is -2.27. The highest BCUT2D eigenvalue weighted by molar-refractivity contribution is 6.04. The van der Waals surface area contributed by atoms with E-state index in [-0.39, 0.29) is 5.91 Å². The fourth-order valence-corrected chi connectivity index (χ4v) is 3.35. The van der Waals surface area contributed by atoms with Crippen molar-refractivity contribution in [3.8, 4) is 0 Å². The molecular formula is C17H19N5O. The van der Waals surface area contributed by atoms with Crippen LogP contribution in [-0.4, -0.2) is 44.1 Å². The number of fused-ring (bicyclic) bond motifs is 2. The summed E-state index contributed by atoms with van der Waals surface area (Å²) in [7, 11) is 1.85. The van der Waals surface area contributed by atoms with Crippen LogP contribution in [0.1, 0.15) is 22.7 Å². The number of imidazole rings is 1. The quantitative estimate of drug-likeness (QED) is 0.805. The van der Waals surface area contributed by atoms with Crippen molar-refractivity contribution in [2.75, 3.05) is 13.6 Å². The molecule has 0 radical (unpaired) electrons. The van der Waals surface area contributed by atoms with Gasteiger partial charge >= 0.3 is 0 Å². The monoisotopic (exact) mass is 309 g/mol. The number of nitrogens with one attached hydrogen (secondary N) is 1. The van der Waals surface area contributed by atoms with Crippen molar-refractivity contribution < 1.29 is 4.79 Å². The third kappa shape index (κ3) is 2.50. The summed E-state index contributed by atoms with van der Waals surface area (Å²) >= 11 is 0. The molecule has 0 saturated heterocycles. The van der Waals surface area contributed by atoms with E-state index >= 15 is 0 Å². The molecule has 0 aliphatic carbocycles. The van der Waals surface area contributed by atoms with E-state index in [0.29, 0.717) is 11.6 Å². The van der Waals surface area contributed by atoms with E-state index in [1.54, 1.807) is 4.90 Å². The minimum Gasteiger partial charge on any atom is -0.340 e. The van der Waals surface area contributed by atoms with Gasteiger partial charge in [0.05, 0.1) is 5.52 Å². The maximum atomic E-state index is 12.7. The molecular weight excluding hydrogens is 290 g/mol. The van der Waals surface area contributed by atoms with Crippen molar-refractivity contribution in [1.82, 2.24) is 24.6 Å². The van der Waals surface area contributed by atoms with Crippen LogP contribution < -0.4 is 0 Å². The molecule has 3 heterocycles. The summed E-state index contributed by atoms with van der Waals surface area (Å²) in [6.07, 6.45) is 5.87. The average Bonchev–Trinajstić information content (AvgIpc) is 3.20. The van der Waals surface area contributed by atoms with Gasteiger partial charge < -0.3 is 9.47 Å². The Hall–Kier alpha value is -2.63. The molecule has 1 aliphatic heterocycles. The molecule has 1 amide bonds. The number of benzene rings is 1. The van der Waals surface area contributed by atoms with Crippen molar-refractivity contribution >= 4 is 16.8 Å². The molecule has 0 fully saturated rings. The van der Waals surface area contributed by atoms with Gasteiger partial charge in [-0.1, -0.05) is 18.2 Å². The van der Waals surface area contributed by atoms with Crippen LogP contribution in [0, 0.1) is 5.92 Å². The highest BCUT2D eigenvalue weighted by atomic mass is 16.2. The predicted octanol–water partition coefficient (Wildman–Crippen LogP) is 2.09. The number of aryl methyl sites for hydroxylation is 1. The summed E-state index contributed by atoms with van der Waals surface area (Å²) in [5.41, 5.74) is 1.39. The fraction of sp³-hybridized carbons (Fsp3) is 0.353. The first kappa shape index (κ1) is 14.0. The van der Waals surface area contributed by atoms with Gasteiger partial charge in [0.1, 0.15) is 5.82 Å². The largest absolute Gasteiger partial charge is 0.340 e. The van der Waals surface area contributed by atoms with Crippen LogP contribution >= 0.6 is 0 Å². The number of aromatic nitrogens is 4. The van der Waals surface area contributed by atoms with Gasteiger partial charge in [-0.05, 0) is 18.4 Å². The van der Waals surface area contributed by atoms with Gasteiger partial charge in [-0.2, -0.15) is 5.10 Å². The van der Waals surface area contributed by atoms with Crippen molar-refractivity contribution in [3.63, 3.8) is 0 Å². The number of rotatable bonds is 3. The number of carbonyl (C=O) groups is 1. The first-order valence-electron chi connectivity index (χ1n) is 7.91. The predicted molar refractivity (Wildman–Crippen MR) is 87.1 cm³/mol. The molecule has 4 rings (SSSR count). The lowest BCUT2D eigenvalue weighted by molar-refractivity contribution is 0.0760. The third-order valence-corrected chi connectivity index (χ3v) is 4.60. The van der Waals surface area contributed by atoms with Crippen molar-refractivity contribution in [2.45, 2.75) is 19.4 Å². The number of hydrogen-bond donors (Lipinski definition) is 1. The molecule has 0 unspecified atom stereocenters. The van der Waals surface area contributed by atoms with Crippen molar-refractivity contribution in [1.29, 1.82) is 0 Å². The maximum Gasteiger partial charge on any atom is 0.274 e. The van der Waals surface area contributed by atoms with Gasteiger partial charge in [-0.25, -0.2) is 4.98 Å². The first-order chi connectivity index (χ1) is 11.2. The maximum absolute atomic E-state index is 12.7. The topological polar surface area (TPSA) is 66.8 Å². The molecule has 0 spiro atoms. The molecule has 23 heavy (non-hydrogen) atoms. The van der Waals surface area contributed by atoms with E-state index < -0.39 is 0 Å². The Balaban J connectivity index is 1.49. The minimum absolute atomic E-state index is 0.0311. The van der Waals surface area contributed by atoms with Crippen LogP contribution in [0.3, 0.4) is 0 Å². The summed E-state index contributed by atoms with van der Waals surface area (Å²) in [4.78, 5) is 18.9. The van der Waals surface area contributed by atoms with Crippen LogP contribution in [0.4, 0.5) is 0 Å². The highest BCUT2D eigenvalue weighted by Crippen LogP contribution is 2.21. The van der Waals surface area contributed by atoms with Crippen LogP contribution in [0.15, 0.2) is 36.7 Å². The molecule has 118 valence electrons. The van der Waals surface area contributed by atoms with Gasteiger partial charge in [-0.3, -0.25) is 9.89 Å². The Labute approximate surface area is 134 Å². The average molecular weight is 309 g/mol. The number of para-hydroxylation sites is 1. The summed E-state index contributed by atoms with van der Waals surface area (Å²) in [6.45, 7) is 1.71. The smallest absolute Gasteiger partial charge is 0.274 e. The molecule has 2 aromatic heterocycles. The molecule has 6 heteroatoms. The second kappa shape index (κ2) is 5.53. The molecule has 1 aromatic carbocycles. The Bertz CT molecular complexity index is 849. The molecule has 3 aromatic rings. The molecule has 0 saturated carbocycles. The lowest BCUT2D eigenvalue weighted by atomic mass is 9.97. The Morgan fingerprint density at radius 1 is 1.43 bits per heavy atom. The lowest BCUT2D eigenvalue weighted by Crippen LogP contribution is -2.35. The summed E-state index contributed by atoms with van der Waals surface area (Å²) in [6, 6.07) is 7.72. The van der Waals surface area contributed by atoms with Crippen LogP contribution in [0.5, 0.6) is 0 Å². The second-order valence-corrected chi connectivity index (χ2v) is 6.20. The van der Waals surface area contributed by atoms with Crippen molar-refractivity contribution in [2.24, 2.45) is 5.92 Å². The van der Waals surface area contributed by atoms with E-state index in [2.05, 4.69) is 19.7 Å². The molecule has 6 nitrogen and oxygen atoms in total. The van der Waals surface area contributed by atoms with Crippen molar-refractivity contribution in [3.05, 3.63) is 48.2 Å². The van der Waals surface area contributed by atoms with Gasteiger partial charge in [0, 0.05) is 44.3 Å². The van der Waals surface area contributed by atoms with Gasteiger partial charge in [0.25, 0.3) is 5.91 Å². The first-order valence-corrected chi connectivity index (χ1v) is 7.91. The van der Waals surface area contributed by atoms with E-state index in [1.165, 1.54) is 0 Å². The van der Waals surface area contributed by atoms with E-state index in [9.17, 15) is 4.79 Å². The minimum atomic E-state index is -0.0311. The number of aromatic amines is 1. The molecule has 1 aliphatic rings. The number of nitrogens with zero attached hydrogens (tertiary/aromatic N) is 4. The number of hydrogen-bond acceptors (Lipinski definition) is 3. The zero-order chi connectivity index (χ0) is 15.8. The summed E-state index contributed by atoms with van der Waals surface area (Å²) in [5, 5.41) is 8.01. The van der Waals surface area contributed by atoms with Crippen LogP contribution in [0.2, 0.25) is 0 Å². The third-order valence-electron chi connectivity index (χ3n) is 4.60. The summed E-state index contributed by atoms with van der Waals surface area (Å²) < 4.78 is 2.19. The molecule has 1 N–H and O–H groups in total. The van der Waals surface area contributed by atoms with Gasteiger partial charge in [0.2, 0.25) is 0 Å². The SMILES string of the molecule is CN(C[C@@H]1CCn2ccnc2C1)C(=O)c1n[nH]c2ccccc12. The van der Waals surface area contributed by atoms with E-state index in [4.69, 9.17) is 0 Å². The number of H-pyrrole nitrogens is 1. The zero-order valence-corrected chi connectivity index (χ0v) is 13.1. The molecule has 1 atom stereocenters. The van der Waals surface area contributed by atoms with Gasteiger partial charge in [-0.15, -0.1) is 0 Å². The fourth-order valence-electron chi connectivity index (χ4n) is 3.35. The van der Waals surface area contributed by atoms with E-state index in [0.717, 1.165) is 42.7 Å². The van der Waals surface area contributed by atoms with E-state index in [1.807, 2.05) is 43.7 Å². The summed E-state index contributed by atoms with van der Waals surface area (Å²) in [5.74, 6) is 1.53. The standard InChI is InChI=1S/C17H19N5O/c1-21(11-12-6-8-22-9-7-18-15(22)10-12)17(23)16-13-4-2-3-5-14(13)19-20-16/h2-5,7,9,12H,6,8,10-11H2,1H3,(H,19,20)/t12-/m1/s1. The van der Waals surface area contributed by atoms with Crippen LogP contribution in [-0.2, 0) is 13.0 Å². The van der Waals surface area contributed by atoms with Gasteiger partial charge in [0.15, 0.2) is 5.69 Å². The highest BCUT2D eigenvalue weighted by Gasteiger charge is 2.24. The second-order valence-electron chi connectivity index (χ2n) is 6.20.